The maximum Gasteiger partial charge on any atom is 0.136 e. The molecule has 0 saturated heterocycles. The molecule has 0 spiro atoms. The molecule has 0 N–H and O–H groups in total. The summed E-state index contributed by atoms with van der Waals surface area (Å²) in [5.41, 5.74) is 0.350. The van der Waals surface area contributed by atoms with Crippen LogP contribution in [-0.2, 0) is 4.79 Å². The Morgan fingerprint density at radius 1 is 0.957 bits per heavy atom. The van der Waals surface area contributed by atoms with Crippen LogP contribution in [0, 0.1) is 46.8 Å². The number of carbonyl (C=O) groups is 1. The summed E-state index contributed by atoms with van der Waals surface area (Å²) in [6.45, 7) is 7.03. The van der Waals surface area contributed by atoms with Crippen LogP contribution in [0.2, 0.25) is 0 Å². The third kappa shape index (κ3) is 2.44. The van der Waals surface area contributed by atoms with Crippen LogP contribution in [0.25, 0.3) is 0 Å². The van der Waals surface area contributed by atoms with Gasteiger partial charge in [0.25, 0.3) is 0 Å². The van der Waals surface area contributed by atoms with Crippen LogP contribution in [0.4, 0.5) is 0 Å². The summed E-state index contributed by atoms with van der Waals surface area (Å²) in [5, 5.41) is 0. The SMILES string of the molecule is CCC(=O)[C@H]1CCC2[C@@H]3CC[C@@H]4C[C@@H](C)CC[C@@H]4C3CC[C@@]21C. The van der Waals surface area contributed by atoms with Gasteiger partial charge in [-0.15, -0.1) is 0 Å². The Hall–Kier alpha value is -0.330. The zero-order valence-electron chi connectivity index (χ0n) is 15.5. The Bertz CT molecular complexity index is 469. The third-order valence-corrected chi connectivity index (χ3v) is 8.95. The van der Waals surface area contributed by atoms with E-state index in [0.29, 0.717) is 17.1 Å². The van der Waals surface area contributed by atoms with Gasteiger partial charge in [-0.1, -0.05) is 27.2 Å². The molecule has 4 saturated carbocycles. The minimum atomic E-state index is 0.350. The van der Waals surface area contributed by atoms with Crippen molar-refractivity contribution in [2.24, 2.45) is 46.8 Å². The van der Waals surface area contributed by atoms with E-state index in [0.717, 1.165) is 41.9 Å². The molecule has 1 nitrogen and oxygen atoms in total. The third-order valence-electron chi connectivity index (χ3n) is 8.95. The fraction of sp³-hybridized carbons (Fsp3) is 0.955. The van der Waals surface area contributed by atoms with Gasteiger partial charge in [0.2, 0.25) is 0 Å². The van der Waals surface area contributed by atoms with Gasteiger partial charge in [-0.2, -0.15) is 0 Å². The lowest BCUT2D eigenvalue weighted by atomic mass is 9.49. The van der Waals surface area contributed by atoms with Crippen molar-refractivity contribution in [3.63, 3.8) is 0 Å². The topological polar surface area (TPSA) is 17.1 Å². The monoisotopic (exact) mass is 316 g/mol. The Kier molecular flexibility index (Phi) is 4.13. The molecule has 0 aromatic carbocycles. The fourth-order valence-electron chi connectivity index (χ4n) is 7.86. The van der Waals surface area contributed by atoms with E-state index in [-0.39, 0.29) is 0 Å². The molecule has 0 aromatic rings. The molecule has 1 heteroatoms. The maximum atomic E-state index is 12.5. The Morgan fingerprint density at radius 2 is 1.74 bits per heavy atom. The number of rotatable bonds is 2. The van der Waals surface area contributed by atoms with E-state index in [2.05, 4.69) is 20.8 Å². The standard InChI is InChI=1S/C22H36O/c1-4-21(23)20-10-9-19-18-8-6-15-13-14(2)5-7-16(15)17(18)11-12-22(19,20)3/h14-20H,4-13H2,1-3H3/t14-,15+,16-,17?,18+,19?,20+,22-/m0/s1. The summed E-state index contributed by atoms with van der Waals surface area (Å²) in [6, 6.07) is 0. The molecular weight excluding hydrogens is 280 g/mol. The van der Waals surface area contributed by atoms with Gasteiger partial charge in [0, 0.05) is 12.3 Å². The lowest BCUT2D eigenvalue weighted by molar-refractivity contribution is -0.130. The van der Waals surface area contributed by atoms with Crippen LogP contribution in [0.5, 0.6) is 0 Å². The second-order valence-corrected chi connectivity index (χ2v) is 9.85. The second-order valence-electron chi connectivity index (χ2n) is 9.85. The molecule has 0 bridgehead atoms. The summed E-state index contributed by atoms with van der Waals surface area (Å²) in [5.74, 6) is 6.83. The molecule has 4 fully saturated rings. The van der Waals surface area contributed by atoms with Crippen molar-refractivity contribution in [2.45, 2.75) is 85.0 Å². The largest absolute Gasteiger partial charge is 0.299 e. The zero-order chi connectivity index (χ0) is 16.2. The van der Waals surface area contributed by atoms with Crippen molar-refractivity contribution in [2.75, 3.05) is 0 Å². The van der Waals surface area contributed by atoms with Crippen LogP contribution >= 0.6 is 0 Å². The summed E-state index contributed by atoms with van der Waals surface area (Å²) >= 11 is 0. The first-order valence-corrected chi connectivity index (χ1v) is 10.6. The summed E-state index contributed by atoms with van der Waals surface area (Å²) in [4.78, 5) is 12.5. The molecule has 0 aliphatic heterocycles. The molecule has 8 atom stereocenters. The van der Waals surface area contributed by atoms with Crippen molar-refractivity contribution in [3.8, 4) is 0 Å². The van der Waals surface area contributed by atoms with Crippen molar-refractivity contribution in [3.05, 3.63) is 0 Å². The van der Waals surface area contributed by atoms with Crippen LogP contribution in [0.3, 0.4) is 0 Å². The number of carbonyl (C=O) groups excluding carboxylic acids is 1. The molecular formula is C22H36O. The molecule has 4 rings (SSSR count). The van der Waals surface area contributed by atoms with Gasteiger partial charge in [0.05, 0.1) is 0 Å². The molecule has 0 heterocycles. The molecule has 2 unspecified atom stereocenters. The maximum absolute atomic E-state index is 12.5. The number of ketones is 1. The van der Waals surface area contributed by atoms with Crippen LogP contribution in [0.15, 0.2) is 0 Å². The Labute approximate surface area is 143 Å². The van der Waals surface area contributed by atoms with Gasteiger partial charge in [0.15, 0.2) is 0 Å². The average Bonchev–Trinajstić information content (AvgIpc) is 2.90. The van der Waals surface area contributed by atoms with Gasteiger partial charge >= 0.3 is 0 Å². The molecule has 4 aliphatic rings. The number of hydrogen-bond acceptors (Lipinski definition) is 1. The minimum absolute atomic E-state index is 0.350. The number of hydrogen-bond donors (Lipinski definition) is 0. The van der Waals surface area contributed by atoms with Crippen LogP contribution in [0.1, 0.15) is 85.0 Å². The molecule has 130 valence electrons. The highest BCUT2D eigenvalue weighted by atomic mass is 16.1. The Morgan fingerprint density at radius 3 is 2.52 bits per heavy atom. The lowest BCUT2D eigenvalue weighted by Crippen LogP contribution is -2.49. The summed E-state index contributed by atoms with van der Waals surface area (Å²) in [7, 11) is 0. The zero-order valence-corrected chi connectivity index (χ0v) is 15.5. The fourth-order valence-corrected chi connectivity index (χ4v) is 7.86. The molecule has 0 amide bonds. The van der Waals surface area contributed by atoms with Gasteiger partial charge in [0.1, 0.15) is 5.78 Å². The highest BCUT2D eigenvalue weighted by molar-refractivity contribution is 5.81. The minimum Gasteiger partial charge on any atom is -0.299 e. The Balaban J connectivity index is 1.55. The highest BCUT2D eigenvalue weighted by Crippen LogP contribution is 2.64. The van der Waals surface area contributed by atoms with Crippen molar-refractivity contribution < 1.29 is 4.79 Å². The number of fused-ring (bicyclic) bond motifs is 5. The predicted octanol–water partition coefficient (Wildman–Crippen LogP) is 5.87. The molecule has 0 radical (unpaired) electrons. The van der Waals surface area contributed by atoms with E-state index < -0.39 is 0 Å². The quantitative estimate of drug-likeness (QED) is 0.622. The van der Waals surface area contributed by atoms with Crippen LogP contribution < -0.4 is 0 Å². The number of Topliss-reactive ketones (excluding diaryl/α,β-unsaturated/α-hetero) is 1. The second kappa shape index (κ2) is 5.88. The van der Waals surface area contributed by atoms with Crippen LogP contribution in [-0.4, -0.2) is 5.78 Å². The normalized spacial score (nSPS) is 52.4. The first kappa shape index (κ1) is 16.2. The smallest absolute Gasteiger partial charge is 0.136 e. The van der Waals surface area contributed by atoms with Crippen molar-refractivity contribution in [1.82, 2.24) is 0 Å². The van der Waals surface area contributed by atoms with Gasteiger partial charge in [-0.05, 0) is 92.3 Å². The first-order chi connectivity index (χ1) is 11.0. The average molecular weight is 317 g/mol. The van der Waals surface area contributed by atoms with Crippen molar-refractivity contribution in [1.29, 1.82) is 0 Å². The molecule has 0 aromatic heterocycles. The first-order valence-electron chi connectivity index (χ1n) is 10.6. The highest BCUT2D eigenvalue weighted by Gasteiger charge is 2.57. The van der Waals surface area contributed by atoms with Gasteiger partial charge in [-0.3, -0.25) is 4.79 Å². The van der Waals surface area contributed by atoms with E-state index in [4.69, 9.17) is 0 Å². The summed E-state index contributed by atoms with van der Waals surface area (Å²) < 4.78 is 0. The molecule has 4 aliphatic carbocycles. The van der Waals surface area contributed by atoms with E-state index in [1.54, 1.807) is 0 Å². The van der Waals surface area contributed by atoms with E-state index >= 15 is 0 Å². The van der Waals surface area contributed by atoms with Gasteiger partial charge < -0.3 is 0 Å². The van der Waals surface area contributed by atoms with Gasteiger partial charge in [-0.25, -0.2) is 0 Å². The van der Waals surface area contributed by atoms with E-state index in [1.165, 1.54) is 57.8 Å². The van der Waals surface area contributed by atoms with Crippen molar-refractivity contribution >= 4 is 5.78 Å². The lowest BCUT2D eigenvalue weighted by Gasteiger charge is -2.56. The predicted molar refractivity (Wildman–Crippen MR) is 95.1 cm³/mol. The van der Waals surface area contributed by atoms with E-state index in [9.17, 15) is 4.79 Å². The van der Waals surface area contributed by atoms with E-state index in [1.807, 2.05) is 0 Å². The molecule has 23 heavy (non-hydrogen) atoms. The summed E-state index contributed by atoms with van der Waals surface area (Å²) in [6.07, 6.45) is 13.5.